The molecular weight excluding hydrogens is 801 g/mol. The van der Waals surface area contributed by atoms with E-state index in [0.717, 1.165) is 111 Å². The van der Waals surface area contributed by atoms with Crippen molar-refractivity contribution in [3.63, 3.8) is 0 Å². The zero-order valence-electron chi connectivity index (χ0n) is 35.7. The summed E-state index contributed by atoms with van der Waals surface area (Å²) >= 11 is 0. The van der Waals surface area contributed by atoms with Crippen molar-refractivity contribution in [2.75, 3.05) is 0 Å². The highest BCUT2D eigenvalue weighted by Gasteiger charge is 2.24. The van der Waals surface area contributed by atoms with E-state index in [1.54, 1.807) is 0 Å². The summed E-state index contributed by atoms with van der Waals surface area (Å²) in [6.07, 6.45) is 0. The highest BCUT2D eigenvalue weighted by atomic mass is 15.0. The Hall–Kier alpha value is -9.22. The SMILES string of the molecule is N#Cc1ccccc1-c1cc(-n2c3cc(-c4ccccc4)ccc3c3ccc(-c4ccccc4)cc32)c(C#N)c(-n2c3cc(-c4ccccc4)ccc3c3ccc(-c4ccccc4)cc32)c1. The molecule has 12 rings (SSSR count). The molecule has 0 fully saturated rings. The van der Waals surface area contributed by atoms with Crippen LogP contribution < -0.4 is 0 Å². The van der Waals surface area contributed by atoms with E-state index in [1.807, 2.05) is 48.5 Å². The van der Waals surface area contributed by atoms with E-state index in [9.17, 15) is 10.5 Å². The van der Waals surface area contributed by atoms with Crippen molar-refractivity contribution in [1.29, 1.82) is 10.5 Å². The molecule has 12 aromatic rings. The van der Waals surface area contributed by atoms with Crippen LogP contribution in [-0.2, 0) is 0 Å². The van der Waals surface area contributed by atoms with Gasteiger partial charge in [0.2, 0.25) is 0 Å². The fourth-order valence-electron chi connectivity index (χ4n) is 9.86. The Balaban J connectivity index is 1.25. The minimum absolute atomic E-state index is 0.510. The zero-order valence-corrected chi connectivity index (χ0v) is 35.7. The number of hydrogen-bond acceptors (Lipinski definition) is 2. The Bertz CT molecular complexity index is 3510. The Morgan fingerprint density at radius 3 is 0.909 bits per heavy atom. The van der Waals surface area contributed by atoms with Crippen molar-refractivity contribution in [1.82, 2.24) is 9.13 Å². The first-order chi connectivity index (χ1) is 32.6. The second kappa shape index (κ2) is 15.8. The monoisotopic (exact) mass is 838 g/mol. The normalized spacial score (nSPS) is 11.3. The summed E-state index contributed by atoms with van der Waals surface area (Å²) in [6.45, 7) is 0. The molecule has 10 aromatic carbocycles. The van der Waals surface area contributed by atoms with E-state index >= 15 is 0 Å². The molecule has 4 nitrogen and oxygen atoms in total. The first kappa shape index (κ1) is 38.5. The van der Waals surface area contributed by atoms with Crippen LogP contribution in [0.25, 0.3) is 111 Å². The zero-order chi connectivity index (χ0) is 44.1. The summed E-state index contributed by atoms with van der Waals surface area (Å²) in [4.78, 5) is 0. The molecule has 0 saturated carbocycles. The van der Waals surface area contributed by atoms with Gasteiger partial charge in [-0.2, -0.15) is 10.5 Å². The molecule has 0 atom stereocenters. The Morgan fingerprint density at radius 2 is 0.591 bits per heavy atom. The number of hydrogen-bond donors (Lipinski definition) is 0. The minimum Gasteiger partial charge on any atom is -0.308 e. The molecule has 0 N–H and O–H groups in total. The van der Waals surface area contributed by atoms with Crippen LogP contribution in [0.15, 0.2) is 231 Å². The second-order valence-corrected chi connectivity index (χ2v) is 16.7. The van der Waals surface area contributed by atoms with Gasteiger partial charge in [-0.15, -0.1) is 0 Å². The molecule has 0 amide bonds. The number of nitrogens with zero attached hydrogens (tertiary/aromatic N) is 4. The number of aromatic nitrogens is 2. The van der Waals surface area contributed by atoms with Crippen LogP contribution in [0.3, 0.4) is 0 Å². The molecule has 2 heterocycles. The molecule has 66 heavy (non-hydrogen) atoms. The topological polar surface area (TPSA) is 57.4 Å². The lowest BCUT2D eigenvalue weighted by Gasteiger charge is -2.19. The van der Waals surface area contributed by atoms with Crippen LogP contribution in [0.5, 0.6) is 0 Å². The van der Waals surface area contributed by atoms with Crippen molar-refractivity contribution < 1.29 is 0 Å². The number of fused-ring (bicyclic) bond motifs is 6. The van der Waals surface area contributed by atoms with Crippen molar-refractivity contribution in [2.45, 2.75) is 0 Å². The van der Waals surface area contributed by atoms with Crippen molar-refractivity contribution in [2.24, 2.45) is 0 Å². The van der Waals surface area contributed by atoms with Gasteiger partial charge >= 0.3 is 0 Å². The standard InChI is InChI=1S/C62H38N4/c63-39-49-23-13-14-24-51(49)50-37-61(65-57-33-45(41-15-5-1-6-16-41)25-29-52(57)53-30-26-46(34-58(53)65)42-17-7-2-8-18-42)56(40-64)62(38-50)66-59-35-47(43-19-9-3-10-20-43)27-31-54(59)55-32-28-48(36-60(55)66)44-21-11-4-12-22-44/h1-38H. The maximum atomic E-state index is 11.8. The molecule has 0 aliphatic carbocycles. The highest BCUT2D eigenvalue weighted by Crippen LogP contribution is 2.43. The summed E-state index contributed by atoms with van der Waals surface area (Å²) in [7, 11) is 0. The third-order valence-electron chi connectivity index (χ3n) is 13.0. The van der Waals surface area contributed by atoms with Gasteiger partial charge in [0, 0.05) is 21.5 Å². The molecule has 306 valence electrons. The van der Waals surface area contributed by atoms with Crippen molar-refractivity contribution in [3.05, 3.63) is 242 Å². The van der Waals surface area contributed by atoms with E-state index in [2.05, 4.69) is 203 Å². The van der Waals surface area contributed by atoms with E-state index in [-0.39, 0.29) is 0 Å². The average Bonchev–Trinajstić information content (AvgIpc) is 3.90. The molecule has 0 aliphatic heterocycles. The van der Waals surface area contributed by atoms with E-state index in [0.29, 0.717) is 11.1 Å². The van der Waals surface area contributed by atoms with Gasteiger partial charge in [0.25, 0.3) is 0 Å². The Kier molecular flexibility index (Phi) is 9.23. The third kappa shape index (κ3) is 6.36. The number of benzene rings is 10. The molecule has 2 aromatic heterocycles. The van der Waals surface area contributed by atoms with Crippen LogP contribution in [-0.4, -0.2) is 9.13 Å². The van der Waals surface area contributed by atoms with E-state index in [1.165, 1.54) is 0 Å². The first-order valence-electron chi connectivity index (χ1n) is 22.1. The van der Waals surface area contributed by atoms with Crippen molar-refractivity contribution >= 4 is 43.6 Å². The lowest BCUT2D eigenvalue weighted by molar-refractivity contribution is 1.12. The van der Waals surface area contributed by atoms with E-state index < -0.39 is 0 Å². The maximum Gasteiger partial charge on any atom is 0.104 e. The van der Waals surface area contributed by atoms with E-state index in [4.69, 9.17) is 0 Å². The number of nitriles is 2. The van der Waals surface area contributed by atoms with Crippen LogP contribution in [0.4, 0.5) is 0 Å². The van der Waals surface area contributed by atoms with Crippen LogP contribution in [0.1, 0.15) is 11.1 Å². The minimum atomic E-state index is 0.510. The van der Waals surface area contributed by atoms with Gasteiger partial charge in [0.15, 0.2) is 0 Å². The van der Waals surface area contributed by atoms with Crippen LogP contribution in [0, 0.1) is 22.7 Å². The molecule has 0 aliphatic rings. The molecular formula is C62H38N4. The Labute approximate surface area is 382 Å². The van der Waals surface area contributed by atoms with Crippen LogP contribution >= 0.6 is 0 Å². The molecule has 0 spiro atoms. The summed E-state index contributed by atoms with van der Waals surface area (Å²) in [6, 6.07) is 85.6. The van der Waals surface area contributed by atoms with Gasteiger partial charge in [-0.05, 0) is 98.1 Å². The fourth-order valence-corrected chi connectivity index (χ4v) is 9.86. The van der Waals surface area contributed by atoms with Gasteiger partial charge in [0.05, 0.1) is 45.1 Å². The smallest absolute Gasteiger partial charge is 0.104 e. The Morgan fingerprint density at radius 1 is 0.273 bits per heavy atom. The molecule has 0 radical (unpaired) electrons. The predicted octanol–water partition coefficient (Wildman–Crippen LogP) is 16.0. The quantitative estimate of drug-likeness (QED) is 0.161. The van der Waals surface area contributed by atoms with Gasteiger partial charge in [-0.25, -0.2) is 0 Å². The summed E-state index contributed by atoms with van der Waals surface area (Å²) in [5.74, 6) is 0. The summed E-state index contributed by atoms with van der Waals surface area (Å²) < 4.78 is 4.56. The first-order valence-corrected chi connectivity index (χ1v) is 22.1. The molecule has 0 unspecified atom stereocenters. The third-order valence-corrected chi connectivity index (χ3v) is 13.0. The van der Waals surface area contributed by atoms with Gasteiger partial charge in [0.1, 0.15) is 11.6 Å². The molecule has 0 bridgehead atoms. The van der Waals surface area contributed by atoms with Crippen LogP contribution in [0.2, 0.25) is 0 Å². The predicted molar refractivity (Wildman–Crippen MR) is 272 cm³/mol. The number of rotatable bonds is 7. The lowest BCUT2D eigenvalue weighted by Crippen LogP contribution is -2.06. The largest absolute Gasteiger partial charge is 0.308 e. The lowest BCUT2D eigenvalue weighted by atomic mass is 9.96. The summed E-state index contributed by atoms with van der Waals surface area (Å²) in [5, 5.41) is 26.8. The average molecular weight is 839 g/mol. The molecule has 4 heteroatoms. The fraction of sp³-hybridized carbons (Fsp3) is 0. The van der Waals surface area contributed by atoms with Gasteiger partial charge in [-0.3, -0.25) is 0 Å². The maximum absolute atomic E-state index is 11.8. The van der Waals surface area contributed by atoms with Gasteiger partial charge in [-0.1, -0.05) is 188 Å². The van der Waals surface area contributed by atoms with Gasteiger partial charge < -0.3 is 9.13 Å². The summed E-state index contributed by atoms with van der Waals surface area (Å²) in [5.41, 5.74) is 16.8. The van der Waals surface area contributed by atoms with Crippen molar-refractivity contribution in [3.8, 4) is 79.1 Å². The highest BCUT2D eigenvalue weighted by molar-refractivity contribution is 6.13. The second-order valence-electron chi connectivity index (χ2n) is 16.7. The molecule has 0 saturated heterocycles.